The van der Waals surface area contributed by atoms with Gasteiger partial charge in [0.05, 0.1) is 23.7 Å². The number of anilines is 1. The van der Waals surface area contributed by atoms with Crippen molar-refractivity contribution in [2.24, 2.45) is 5.10 Å². The number of nitrogens with one attached hydrogen (secondary N) is 1. The van der Waals surface area contributed by atoms with Gasteiger partial charge in [0.25, 0.3) is 0 Å². The molecule has 1 aromatic heterocycles. The summed E-state index contributed by atoms with van der Waals surface area (Å²) in [7, 11) is 0. The van der Waals surface area contributed by atoms with Crippen LogP contribution in [0.4, 0.5) is 5.69 Å². The fraction of sp³-hybridized carbons (Fsp3) is 0. The number of hydrogen-bond donors (Lipinski definition) is 2. The lowest BCUT2D eigenvalue weighted by atomic mass is 10.2. The predicted molar refractivity (Wildman–Crippen MR) is 63.3 cm³/mol. The molecule has 5 heteroatoms. The molecule has 0 aliphatic heterocycles. The quantitative estimate of drug-likeness (QED) is 0.624. The Labute approximate surface area is 97.4 Å². The zero-order valence-electron chi connectivity index (χ0n) is 8.83. The molecular weight excluding hydrogens is 220 g/mol. The minimum atomic E-state index is -0.969. The van der Waals surface area contributed by atoms with Gasteiger partial charge in [-0.25, -0.2) is 4.79 Å². The van der Waals surface area contributed by atoms with Gasteiger partial charge in [-0.2, -0.15) is 5.10 Å². The van der Waals surface area contributed by atoms with Crippen molar-refractivity contribution in [3.05, 3.63) is 54.0 Å². The first kappa shape index (κ1) is 10.9. The normalized spacial score (nSPS) is 10.6. The minimum absolute atomic E-state index is 0.211. The van der Waals surface area contributed by atoms with Gasteiger partial charge in [-0.1, -0.05) is 6.07 Å². The number of aromatic carboxylic acids is 1. The molecule has 0 aliphatic rings. The monoisotopic (exact) mass is 230 g/mol. The van der Waals surface area contributed by atoms with Crippen LogP contribution in [-0.4, -0.2) is 17.3 Å². The van der Waals surface area contributed by atoms with Crippen molar-refractivity contribution >= 4 is 17.9 Å². The maximum atomic E-state index is 10.7. The second kappa shape index (κ2) is 4.98. The molecule has 0 aliphatic carbocycles. The molecule has 0 radical (unpaired) electrons. The smallest absolute Gasteiger partial charge is 0.335 e. The lowest BCUT2D eigenvalue weighted by molar-refractivity contribution is 0.0697. The van der Waals surface area contributed by atoms with E-state index in [1.807, 2.05) is 0 Å². The van der Waals surface area contributed by atoms with Crippen molar-refractivity contribution in [2.75, 3.05) is 5.43 Å². The highest BCUT2D eigenvalue weighted by Gasteiger charge is 2.01. The third-order valence-electron chi connectivity index (χ3n) is 2.04. The molecule has 0 unspecified atom stereocenters. The Morgan fingerprint density at radius 3 is 2.94 bits per heavy atom. The highest BCUT2D eigenvalue weighted by atomic mass is 16.4. The Kier molecular flexibility index (Phi) is 3.20. The van der Waals surface area contributed by atoms with E-state index < -0.39 is 5.97 Å². The molecule has 0 amide bonds. The topological polar surface area (TPSA) is 74.8 Å². The van der Waals surface area contributed by atoms with Gasteiger partial charge < -0.3 is 9.52 Å². The van der Waals surface area contributed by atoms with Crippen molar-refractivity contribution < 1.29 is 14.3 Å². The fourth-order valence-corrected chi connectivity index (χ4v) is 1.26. The highest BCUT2D eigenvalue weighted by Crippen LogP contribution is 2.10. The van der Waals surface area contributed by atoms with Crippen LogP contribution in [0, 0.1) is 0 Å². The number of nitrogens with zero attached hydrogens (tertiary/aromatic N) is 1. The number of benzene rings is 1. The SMILES string of the molecule is O=C(O)c1cccc(N/N=C\c2ccco2)c1. The van der Waals surface area contributed by atoms with Gasteiger partial charge in [-0.3, -0.25) is 5.43 Å². The van der Waals surface area contributed by atoms with Crippen molar-refractivity contribution in [1.29, 1.82) is 0 Å². The molecule has 0 atom stereocenters. The molecule has 0 saturated heterocycles. The van der Waals surface area contributed by atoms with Crippen LogP contribution in [0.3, 0.4) is 0 Å². The summed E-state index contributed by atoms with van der Waals surface area (Å²) in [5.74, 6) is -0.351. The summed E-state index contributed by atoms with van der Waals surface area (Å²) in [5, 5.41) is 12.7. The largest absolute Gasteiger partial charge is 0.478 e. The lowest BCUT2D eigenvalue weighted by Crippen LogP contribution is -1.97. The number of carboxylic acids is 1. The molecule has 0 saturated carbocycles. The molecule has 2 aromatic rings. The molecule has 1 heterocycles. The summed E-state index contributed by atoms with van der Waals surface area (Å²) in [6.45, 7) is 0. The zero-order chi connectivity index (χ0) is 12.1. The molecule has 2 rings (SSSR count). The average molecular weight is 230 g/mol. The summed E-state index contributed by atoms with van der Waals surface area (Å²) in [6, 6.07) is 9.91. The third kappa shape index (κ3) is 2.94. The Bertz CT molecular complexity index is 532. The lowest BCUT2D eigenvalue weighted by Gasteiger charge is -2.00. The first-order valence-electron chi connectivity index (χ1n) is 4.91. The Hall–Kier alpha value is -2.56. The van der Waals surface area contributed by atoms with E-state index in [0.29, 0.717) is 11.4 Å². The van der Waals surface area contributed by atoms with Crippen LogP contribution < -0.4 is 5.43 Å². The number of carbonyl (C=O) groups is 1. The highest BCUT2D eigenvalue weighted by molar-refractivity contribution is 5.88. The predicted octanol–water partition coefficient (Wildman–Crippen LogP) is 2.42. The van der Waals surface area contributed by atoms with Crippen molar-refractivity contribution in [1.82, 2.24) is 0 Å². The Morgan fingerprint density at radius 2 is 2.24 bits per heavy atom. The van der Waals surface area contributed by atoms with Gasteiger partial charge >= 0.3 is 5.97 Å². The zero-order valence-corrected chi connectivity index (χ0v) is 8.83. The fourth-order valence-electron chi connectivity index (χ4n) is 1.26. The summed E-state index contributed by atoms with van der Waals surface area (Å²) < 4.78 is 5.05. The number of rotatable bonds is 4. The molecule has 86 valence electrons. The Morgan fingerprint density at radius 1 is 1.35 bits per heavy atom. The van der Waals surface area contributed by atoms with E-state index in [0.717, 1.165) is 0 Å². The molecular formula is C12H10N2O3. The molecule has 0 bridgehead atoms. The van der Waals surface area contributed by atoms with Crippen LogP contribution >= 0.6 is 0 Å². The maximum Gasteiger partial charge on any atom is 0.335 e. The summed E-state index contributed by atoms with van der Waals surface area (Å²) in [6.07, 6.45) is 3.06. The van der Waals surface area contributed by atoms with Gasteiger partial charge in [0.15, 0.2) is 0 Å². The van der Waals surface area contributed by atoms with Gasteiger partial charge in [-0.15, -0.1) is 0 Å². The van der Waals surface area contributed by atoms with E-state index in [2.05, 4.69) is 10.5 Å². The van der Waals surface area contributed by atoms with Crippen LogP contribution in [0.15, 0.2) is 52.2 Å². The van der Waals surface area contributed by atoms with Crippen LogP contribution in [0.5, 0.6) is 0 Å². The third-order valence-corrected chi connectivity index (χ3v) is 2.04. The molecule has 5 nitrogen and oxygen atoms in total. The summed E-state index contributed by atoms with van der Waals surface area (Å²) in [4.78, 5) is 10.7. The average Bonchev–Trinajstić information content (AvgIpc) is 2.82. The van der Waals surface area contributed by atoms with E-state index >= 15 is 0 Å². The van der Waals surface area contributed by atoms with Crippen LogP contribution in [0.2, 0.25) is 0 Å². The van der Waals surface area contributed by atoms with E-state index in [1.165, 1.54) is 18.3 Å². The van der Waals surface area contributed by atoms with E-state index in [-0.39, 0.29) is 5.56 Å². The van der Waals surface area contributed by atoms with Gasteiger partial charge in [0.2, 0.25) is 0 Å². The molecule has 2 N–H and O–H groups in total. The first-order chi connectivity index (χ1) is 8.25. The minimum Gasteiger partial charge on any atom is -0.478 e. The molecule has 0 fully saturated rings. The van der Waals surface area contributed by atoms with Crippen LogP contribution in [0.1, 0.15) is 16.1 Å². The standard InChI is InChI=1S/C12H10N2O3/c15-12(16)9-3-1-4-10(7-9)14-13-8-11-5-2-6-17-11/h1-8,14H,(H,15,16)/b13-8-. The van der Waals surface area contributed by atoms with Crippen molar-refractivity contribution in [3.63, 3.8) is 0 Å². The first-order valence-corrected chi connectivity index (χ1v) is 4.91. The number of hydrazone groups is 1. The molecule has 17 heavy (non-hydrogen) atoms. The van der Waals surface area contributed by atoms with Crippen molar-refractivity contribution in [2.45, 2.75) is 0 Å². The van der Waals surface area contributed by atoms with Crippen LogP contribution in [0.25, 0.3) is 0 Å². The van der Waals surface area contributed by atoms with E-state index in [9.17, 15) is 4.79 Å². The number of hydrogen-bond acceptors (Lipinski definition) is 4. The van der Waals surface area contributed by atoms with Gasteiger partial charge in [-0.05, 0) is 30.3 Å². The second-order valence-electron chi connectivity index (χ2n) is 3.27. The molecule has 1 aromatic carbocycles. The maximum absolute atomic E-state index is 10.7. The van der Waals surface area contributed by atoms with E-state index in [4.69, 9.17) is 9.52 Å². The molecule has 0 spiro atoms. The van der Waals surface area contributed by atoms with Crippen molar-refractivity contribution in [3.8, 4) is 0 Å². The number of carboxylic acid groups (broad SMARTS) is 1. The summed E-state index contributed by atoms with van der Waals surface area (Å²) >= 11 is 0. The van der Waals surface area contributed by atoms with Gasteiger partial charge in [0, 0.05) is 0 Å². The summed E-state index contributed by atoms with van der Waals surface area (Å²) in [5.41, 5.74) is 3.54. The van der Waals surface area contributed by atoms with E-state index in [1.54, 1.807) is 30.5 Å². The van der Waals surface area contributed by atoms with Gasteiger partial charge in [0.1, 0.15) is 5.76 Å². The Balaban J connectivity index is 2.04. The second-order valence-corrected chi connectivity index (χ2v) is 3.27. The number of furan rings is 1. The van der Waals surface area contributed by atoms with Crippen LogP contribution in [-0.2, 0) is 0 Å².